The molecule has 0 aliphatic heterocycles. The summed E-state index contributed by atoms with van der Waals surface area (Å²) in [5.41, 5.74) is 0. The van der Waals surface area contributed by atoms with Crippen LogP contribution in [0, 0.1) is 11.8 Å². The van der Waals surface area contributed by atoms with Crippen molar-refractivity contribution in [2.24, 2.45) is 11.8 Å². The number of hydrogen-bond donors (Lipinski definition) is 3. The molecule has 0 spiro atoms. The Morgan fingerprint density at radius 3 is 0.844 bits per heavy atom. The molecule has 90 heavy (non-hydrogen) atoms. The van der Waals surface area contributed by atoms with Gasteiger partial charge in [-0.15, -0.1) is 0 Å². The van der Waals surface area contributed by atoms with Gasteiger partial charge < -0.3 is 33.8 Å². The molecule has 0 bridgehead atoms. The number of ether oxygens (including phenoxy) is 4. The zero-order valence-electron chi connectivity index (χ0n) is 58.4. The Kier molecular flexibility index (Phi) is 61.8. The maximum absolute atomic E-state index is 13.0. The predicted molar refractivity (Wildman–Crippen MR) is 363 cm³/mol. The highest BCUT2D eigenvalue weighted by atomic mass is 31.2. The third kappa shape index (κ3) is 63.5. The first-order valence-electron chi connectivity index (χ1n) is 37.0. The zero-order chi connectivity index (χ0) is 66.5. The minimum Gasteiger partial charge on any atom is -0.462 e. The summed E-state index contributed by atoms with van der Waals surface area (Å²) in [7, 11) is -9.90. The third-order valence-corrected chi connectivity index (χ3v) is 18.7. The van der Waals surface area contributed by atoms with Crippen LogP contribution in [0.25, 0.3) is 0 Å². The quantitative estimate of drug-likeness (QED) is 0.0222. The Morgan fingerprint density at radius 1 is 0.322 bits per heavy atom. The smallest absolute Gasteiger partial charge is 0.462 e. The molecule has 0 heterocycles. The van der Waals surface area contributed by atoms with Gasteiger partial charge in [-0.1, -0.05) is 311 Å². The molecule has 0 aliphatic carbocycles. The summed E-state index contributed by atoms with van der Waals surface area (Å²) < 4.78 is 68.3. The molecule has 0 rings (SSSR count). The average Bonchev–Trinajstić information content (AvgIpc) is 3.18. The highest BCUT2D eigenvalue weighted by molar-refractivity contribution is 7.47. The van der Waals surface area contributed by atoms with E-state index < -0.39 is 97.5 Å². The van der Waals surface area contributed by atoms with Gasteiger partial charge in [-0.2, -0.15) is 0 Å². The van der Waals surface area contributed by atoms with Gasteiger partial charge in [0.05, 0.1) is 26.4 Å². The van der Waals surface area contributed by atoms with Crippen molar-refractivity contribution in [3.8, 4) is 0 Å². The average molecular weight is 1330 g/mol. The van der Waals surface area contributed by atoms with Crippen molar-refractivity contribution in [3.63, 3.8) is 0 Å². The van der Waals surface area contributed by atoms with Crippen LogP contribution in [0.4, 0.5) is 0 Å². The topological polar surface area (TPSA) is 237 Å². The summed E-state index contributed by atoms with van der Waals surface area (Å²) in [4.78, 5) is 72.5. The van der Waals surface area contributed by atoms with Crippen LogP contribution >= 0.6 is 15.6 Å². The molecule has 0 aromatic carbocycles. The van der Waals surface area contributed by atoms with Crippen molar-refractivity contribution in [2.45, 2.75) is 381 Å². The van der Waals surface area contributed by atoms with Crippen molar-refractivity contribution >= 4 is 39.5 Å². The van der Waals surface area contributed by atoms with Crippen molar-refractivity contribution in [1.29, 1.82) is 0 Å². The zero-order valence-corrected chi connectivity index (χ0v) is 60.2. The highest BCUT2D eigenvalue weighted by Gasteiger charge is 2.30. The molecule has 0 saturated heterocycles. The summed E-state index contributed by atoms with van der Waals surface area (Å²) in [6.45, 7) is 9.52. The number of esters is 4. The molecule has 17 nitrogen and oxygen atoms in total. The van der Waals surface area contributed by atoms with Crippen LogP contribution in [0.3, 0.4) is 0 Å². The first-order valence-corrected chi connectivity index (χ1v) is 40.0. The standard InChI is InChI=1S/C71H138O17P2/c1-7-10-12-14-16-18-19-20-21-22-23-24-25-30-37-43-49-55-70(75)87-67(60-82-69(74)54-48-42-36-29-27-26-28-34-40-46-52-64(6)9-3)62-86-90(79,80)84-58-65(72)57-83-89(77,78)85-61-66(59-81-68(73)53-47-41-35-17-15-13-11-8-2)88-71(76)56-50-44-38-32-31-33-39-45-51-63(4)5/h63-67,72H,7-62H2,1-6H3,(H,77,78)(H,79,80)/t64?,65-,66+,67+/m0/s1. The van der Waals surface area contributed by atoms with Crippen LogP contribution in [-0.2, 0) is 65.4 Å². The summed E-state index contributed by atoms with van der Waals surface area (Å²) in [6, 6.07) is 0. The van der Waals surface area contributed by atoms with Crippen molar-refractivity contribution < 1.29 is 80.2 Å². The number of hydrogen-bond acceptors (Lipinski definition) is 15. The van der Waals surface area contributed by atoms with E-state index in [2.05, 4.69) is 41.5 Å². The van der Waals surface area contributed by atoms with Crippen LogP contribution in [0.1, 0.15) is 363 Å². The van der Waals surface area contributed by atoms with E-state index in [9.17, 15) is 43.2 Å². The van der Waals surface area contributed by atoms with Crippen LogP contribution in [0.2, 0.25) is 0 Å². The van der Waals surface area contributed by atoms with E-state index in [1.54, 1.807) is 0 Å². The first kappa shape index (κ1) is 88.1. The fourth-order valence-corrected chi connectivity index (χ4v) is 12.3. The number of unbranched alkanes of at least 4 members (excludes halogenated alkanes) is 39. The number of carbonyl (C=O) groups excluding carboxylic acids is 4. The Morgan fingerprint density at radius 2 is 0.567 bits per heavy atom. The summed E-state index contributed by atoms with van der Waals surface area (Å²) in [5.74, 6) is -0.598. The molecule has 3 N–H and O–H groups in total. The van der Waals surface area contributed by atoms with E-state index in [4.69, 9.17) is 37.0 Å². The van der Waals surface area contributed by atoms with Gasteiger partial charge in [0.25, 0.3) is 0 Å². The van der Waals surface area contributed by atoms with E-state index in [1.165, 1.54) is 173 Å². The van der Waals surface area contributed by atoms with Crippen LogP contribution < -0.4 is 0 Å². The summed E-state index contributed by atoms with van der Waals surface area (Å²) in [5, 5.41) is 10.6. The van der Waals surface area contributed by atoms with Gasteiger partial charge in [0.2, 0.25) is 0 Å². The second-order valence-corrected chi connectivity index (χ2v) is 29.3. The predicted octanol–water partition coefficient (Wildman–Crippen LogP) is 20.4. The van der Waals surface area contributed by atoms with Gasteiger partial charge in [-0.3, -0.25) is 37.3 Å². The normalized spacial score (nSPS) is 14.4. The van der Waals surface area contributed by atoms with Gasteiger partial charge >= 0.3 is 39.5 Å². The molecular weight excluding hydrogens is 1190 g/mol. The Balaban J connectivity index is 5.22. The van der Waals surface area contributed by atoms with E-state index in [1.807, 2.05) is 0 Å². The maximum Gasteiger partial charge on any atom is 0.472 e. The molecule has 0 fully saturated rings. The molecule has 19 heteroatoms. The number of aliphatic hydroxyl groups is 1. The molecule has 0 radical (unpaired) electrons. The lowest BCUT2D eigenvalue weighted by atomic mass is 9.99. The minimum atomic E-state index is -4.95. The number of carbonyl (C=O) groups is 4. The van der Waals surface area contributed by atoms with Crippen LogP contribution in [0.15, 0.2) is 0 Å². The molecule has 0 amide bonds. The number of phosphoric acid groups is 2. The molecular formula is C71H138O17P2. The summed E-state index contributed by atoms with van der Waals surface area (Å²) >= 11 is 0. The highest BCUT2D eigenvalue weighted by Crippen LogP contribution is 2.45. The van der Waals surface area contributed by atoms with Gasteiger partial charge in [-0.25, -0.2) is 9.13 Å². The van der Waals surface area contributed by atoms with E-state index in [0.29, 0.717) is 25.7 Å². The first-order chi connectivity index (χ1) is 43.4. The Bertz CT molecular complexity index is 1750. The molecule has 0 aromatic rings. The third-order valence-electron chi connectivity index (χ3n) is 16.8. The maximum atomic E-state index is 13.0. The van der Waals surface area contributed by atoms with Gasteiger partial charge in [0.15, 0.2) is 12.2 Å². The van der Waals surface area contributed by atoms with Crippen LogP contribution in [0.5, 0.6) is 0 Å². The molecule has 3 unspecified atom stereocenters. The number of rotatable bonds is 70. The Hall–Kier alpha value is -1.94. The minimum absolute atomic E-state index is 0.104. The van der Waals surface area contributed by atoms with Gasteiger partial charge in [0.1, 0.15) is 19.3 Å². The van der Waals surface area contributed by atoms with Crippen LogP contribution in [-0.4, -0.2) is 96.7 Å². The fraction of sp³-hybridized carbons (Fsp3) is 0.944. The molecule has 0 saturated carbocycles. The van der Waals surface area contributed by atoms with Gasteiger partial charge in [0, 0.05) is 25.7 Å². The lowest BCUT2D eigenvalue weighted by Gasteiger charge is -2.21. The molecule has 0 aliphatic rings. The van der Waals surface area contributed by atoms with E-state index >= 15 is 0 Å². The monoisotopic (exact) mass is 1320 g/mol. The molecule has 534 valence electrons. The lowest BCUT2D eigenvalue weighted by Crippen LogP contribution is -2.30. The van der Waals surface area contributed by atoms with E-state index in [0.717, 1.165) is 108 Å². The summed E-state index contributed by atoms with van der Waals surface area (Å²) in [6.07, 6.45) is 48.6. The SMILES string of the molecule is CCCCCCCCCCCCCCCCCCCC(=O)O[C@H](COC(=O)CCCCCCCCCCCCC(C)CC)COP(=O)(O)OC[C@@H](O)COP(=O)(O)OC[C@@H](COC(=O)CCCCCCCCCC)OC(=O)CCCCCCCCCCC(C)C. The number of phosphoric ester groups is 2. The van der Waals surface area contributed by atoms with E-state index in [-0.39, 0.29) is 25.7 Å². The van der Waals surface area contributed by atoms with Gasteiger partial charge in [-0.05, 0) is 37.5 Å². The second kappa shape index (κ2) is 63.1. The van der Waals surface area contributed by atoms with Crippen molar-refractivity contribution in [1.82, 2.24) is 0 Å². The number of aliphatic hydroxyl groups excluding tert-OH is 1. The largest absolute Gasteiger partial charge is 0.472 e. The second-order valence-electron chi connectivity index (χ2n) is 26.3. The Labute approximate surface area is 549 Å². The molecule has 0 aromatic heterocycles. The van der Waals surface area contributed by atoms with Crippen molar-refractivity contribution in [3.05, 3.63) is 0 Å². The van der Waals surface area contributed by atoms with Crippen molar-refractivity contribution in [2.75, 3.05) is 39.6 Å². The lowest BCUT2D eigenvalue weighted by molar-refractivity contribution is -0.161. The molecule has 6 atom stereocenters. The fourth-order valence-electron chi connectivity index (χ4n) is 10.7.